The molecule has 0 radical (unpaired) electrons. The first-order valence-electron chi connectivity index (χ1n) is 7.40. The zero-order valence-corrected chi connectivity index (χ0v) is 12.2. The van der Waals surface area contributed by atoms with Crippen molar-refractivity contribution < 1.29 is 14.6 Å². The van der Waals surface area contributed by atoms with E-state index in [1.54, 1.807) is 0 Å². The summed E-state index contributed by atoms with van der Waals surface area (Å²) >= 11 is 0. The second-order valence-electron chi connectivity index (χ2n) is 5.02. The van der Waals surface area contributed by atoms with Gasteiger partial charge >= 0.3 is 0 Å². The van der Waals surface area contributed by atoms with Crippen molar-refractivity contribution in [3.63, 3.8) is 0 Å². The van der Waals surface area contributed by atoms with Gasteiger partial charge in [0.1, 0.15) is 19.0 Å². The monoisotopic (exact) mass is 287 g/mol. The summed E-state index contributed by atoms with van der Waals surface area (Å²) < 4.78 is 5.67. The Hall–Kier alpha value is -1.99. The van der Waals surface area contributed by atoms with E-state index in [0.717, 1.165) is 37.1 Å². The summed E-state index contributed by atoms with van der Waals surface area (Å²) in [5, 5.41) is 8.63. The van der Waals surface area contributed by atoms with E-state index in [1.165, 1.54) is 0 Å². The molecule has 0 unspecified atom stereocenters. The van der Waals surface area contributed by atoms with Gasteiger partial charge in [0.15, 0.2) is 0 Å². The predicted molar refractivity (Wildman–Crippen MR) is 80.9 cm³/mol. The lowest BCUT2D eigenvalue weighted by molar-refractivity contribution is -0.131. The van der Waals surface area contributed by atoms with Crippen LogP contribution in [0.5, 0.6) is 5.75 Å². The number of hydrogen-bond acceptors (Lipinski definition) is 3. The molecule has 1 N–H and O–H groups in total. The molecule has 1 heterocycles. The zero-order valence-electron chi connectivity index (χ0n) is 12.2. The van der Waals surface area contributed by atoms with Crippen LogP contribution in [0.1, 0.15) is 31.2 Å². The molecule has 4 heteroatoms. The van der Waals surface area contributed by atoms with Crippen molar-refractivity contribution in [2.24, 2.45) is 0 Å². The first-order valence-corrected chi connectivity index (χ1v) is 7.40. The fourth-order valence-corrected chi connectivity index (χ4v) is 2.32. The summed E-state index contributed by atoms with van der Waals surface area (Å²) in [6, 6.07) is 7.42. The maximum atomic E-state index is 11.8. The number of aliphatic hydroxyl groups is 1. The SMILES string of the molecule is O=C1CCCCCN1CCOc1ccc(C#CCO)cc1. The molecule has 1 amide bonds. The van der Waals surface area contributed by atoms with E-state index >= 15 is 0 Å². The molecule has 2 rings (SSSR count). The maximum Gasteiger partial charge on any atom is 0.222 e. The van der Waals surface area contributed by atoms with Crippen LogP contribution in [0.3, 0.4) is 0 Å². The van der Waals surface area contributed by atoms with E-state index in [-0.39, 0.29) is 12.5 Å². The summed E-state index contributed by atoms with van der Waals surface area (Å²) in [7, 11) is 0. The van der Waals surface area contributed by atoms with E-state index in [9.17, 15) is 4.79 Å². The third-order valence-electron chi connectivity index (χ3n) is 3.47. The van der Waals surface area contributed by atoms with Crippen molar-refractivity contribution in [1.82, 2.24) is 4.90 Å². The van der Waals surface area contributed by atoms with Crippen LogP contribution in [-0.2, 0) is 4.79 Å². The quantitative estimate of drug-likeness (QED) is 0.859. The van der Waals surface area contributed by atoms with Crippen molar-refractivity contribution in [3.05, 3.63) is 29.8 Å². The van der Waals surface area contributed by atoms with Gasteiger partial charge in [0.25, 0.3) is 0 Å². The lowest BCUT2D eigenvalue weighted by Crippen LogP contribution is -2.34. The minimum atomic E-state index is -0.137. The molecule has 1 saturated heterocycles. The molecule has 1 aliphatic heterocycles. The Morgan fingerprint density at radius 1 is 1.19 bits per heavy atom. The lowest BCUT2D eigenvalue weighted by atomic mass is 10.2. The zero-order chi connectivity index (χ0) is 14.9. The Morgan fingerprint density at radius 3 is 2.76 bits per heavy atom. The van der Waals surface area contributed by atoms with Crippen LogP contribution in [0.2, 0.25) is 0 Å². The van der Waals surface area contributed by atoms with Crippen molar-refractivity contribution in [1.29, 1.82) is 0 Å². The van der Waals surface area contributed by atoms with Gasteiger partial charge in [-0.1, -0.05) is 18.3 Å². The predicted octanol–water partition coefficient (Wildman–Crippen LogP) is 1.81. The van der Waals surface area contributed by atoms with Gasteiger partial charge in [-0.05, 0) is 37.1 Å². The van der Waals surface area contributed by atoms with Crippen molar-refractivity contribution in [2.75, 3.05) is 26.3 Å². The Bertz CT molecular complexity index is 513. The standard InChI is InChI=1S/C17H21NO3/c19-13-4-5-15-7-9-16(10-8-15)21-14-12-18-11-3-1-2-6-17(18)20/h7-10,19H,1-3,6,11-14H2. The maximum absolute atomic E-state index is 11.8. The van der Waals surface area contributed by atoms with E-state index < -0.39 is 0 Å². The summed E-state index contributed by atoms with van der Waals surface area (Å²) in [5.74, 6) is 6.45. The highest BCUT2D eigenvalue weighted by Gasteiger charge is 2.15. The lowest BCUT2D eigenvalue weighted by Gasteiger charge is -2.20. The van der Waals surface area contributed by atoms with Crippen LogP contribution < -0.4 is 4.74 Å². The molecular weight excluding hydrogens is 266 g/mol. The molecule has 4 nitrogen and oxygen atoms in total. The number of ether oxygens (including phenoxy) is 1. The van der Waals surface area contributed by atoms with E-state index in [2.05, 4.69) is 11.8 Å². The molecule has 0 saturated carbocycles. The van der Waals surface area contributed by atoms with Gasteiger partial charge in [-0.15, -0.1) is 0 Å². The number of aliphatic hydroxyl groups excluding tert-OH is 1. The van der Waals surface area contributed by atoms with E-state index in [0.29, 0.717) is 19.6 Å². The minimum Gasteiger partial charge on any atom is -0.492 e. The minimum absolute atomic E-state index is 0.137. The van der Waals surface area contributed by atoms with E-state index in [4.69, 9.17) is 9.84 Å². The van der Waals surface area contributed by atoms with Gasteiger partial charge in [-0.2, -0.15) is 0 Å². The van der Waals surface area contributed by atoms with Crippen LogP contribution in [0.25, 0.3) is 0 Å². The third kappa shape index (κ3) is 5.13. The first kappa shape index (κ1) is 15.4. The van der Waals surface area contributed by atoms with Gasteiger partial charge in [-0.25, -0.2) is 0 Å². The average Bonchev–Trinajstić information content (AvgIpc) is 2.71. The number of carbonyl (C=O) groups excluding carboxylic acids is 1. The summed E-state index contributed by atoms with van der Waals surface area (Å²) in [6.45, 7) is 1.86. The van der Waals surface area contributed by atoms with Crippen LogP contribution in [0.4, 0.5) is 0 Å². The van der Waals surface area contributed by atoms with Crippen molar-refractivity contribution in [2.45, 2.75) is 25.7 Å². The molecule has 0 aromatic heterocycles. The fourth-order valence-electron chi connectivity index (χ4n) is 2.32. The molecule has 21 heavy (non-hydrogen) atoms. The number of rotatable bonds is 4. The average molecular weight is 287 g/mol. The molecule has 0 spiro atoms. The number of benzene rings is 1. The van der Waals surface area contributed by atoms with Gasteiger partial charge in [0.2, 0.25) is 5.91 Å². The van der Waals surface area contributed by atoms with Crippen molar-refractivity contribution >= 4 is 5.91 Å². The Balaban J connectivity index is 1.78. The van der Waals surface area contributed by atoms with E-state index in [1.807, 2.05) is 29.2 Å². The van der Waals surface area contributed by atoms with Gasteiger partial charge in [-0.3, -0.25) is 4.79 Å². The highest BCUT2D eigenvalue weighted by molar-refractivity contribution is 5.76. The highest BCUT2D eigenvalue weighted by Crippen LogP contribution is 2.13. The van der Waals surface area contributed by atoms with Crippen LogP contribution in [0, 0.1) is 11.8 Å². The topological polar surface area (TPSA) is 49.8 Å². The fraction of sp³-hybridized carbons (Fsp3) is 0.471. The first-order chi connectivity index (χ1) is 10.3. The summed E-state index contributed by atoms with van der Waals surface area (Å²) in [4.78, 5) is 13.7. The van der Waals surface area contributed by atoms with Crippen molar-refractivity contribution in [3.8, 4) is 17.6 Å². The molecule has 0 bridgehead atoms. The second kappa shape index (κ2) is 8.33. The molecule has 1 aliphatic rings. The Morgan fingerprint density at radius 2 is 2.00 bits per heavy atom. The molecule has 1 aromatic rings. The highest BCUT2D eigenvalue weighted by atomic mass is 16.5. The number of nitrogens with zero attached hydrogens (tertiary/aromatic N) is 1. The Labute approximate surface area is 125 Å². The number of hydrogen-bond donors (Lipinski definition) is 1. The Kier molecular flexibility index (Phi) is 6.11. The number of amides is 1. The van der Waals surface area contributed by atoms with Gasteiger partial charge < -0.3 is 14.7 Å². The summed E-state index contributed by atoms with van der Waals surface area (Å²) in [6.07, 6.45) is 3.90. The third-order valence-corrected chi connectivity index (χ3v) is 3.47. The number of likely N-dealkylation sites (tertiary alicyclic amines) is 1. The van der Waals surface area contributed by atoms with Gasteiger partial charge in [0.05, 0.1) is 6.54 Å². The molecule has 1 aromatic carbocycles. The molecule has 0 aliphatic carbocycles. The van der Waals surface area contributed by atoms with Crippen LogP contribution >= 0.6 is 0 Å². The molecule has 0 atom stereocenters. The molecule has 1 fully saturated rings. The summed E-state index contributed by atoms with van der Waals surface area (Å²) in [5.41, 5.74) is 0.846. The second-order valence-corrected chi connectivity index (χ2v) is 5.02. The number of carbonyl (C=O) groups is 1. The normalized spacial score (nSPS) is 15.1. The van der Waals surface area contributed by atoms with Gasteiger partial charge in [0, 0.05) is 18.5 Å². The van der Waals surface area contributed by atoms with Crippen LogP contribution in [0.15, 0.2) is 24.3 Å². The largest absolute Gasteiger partial charge is 0.492 e. The molecule has 112 valence electrons. The molecular formula is C17H21NO3. The smallest absolute Gasteiger partial charge is 0.222 e. The van der Waals surface area contributed by atoms with Crippen LogP contribution in [-0.4, -0.2) is 42.2 Å².